The predicted molar refractivity (Wildman–Crippen MR) is 119 cm³/mol. The van der Waals surface area contributed by atoms with E-state index < -0.39 is 24.2 Å². The molecule has 0 fully saturated rings. The topological polar surface area (TPSA) is 144 Å². The molecule has 0 spiro atoms. The van der Waals surface area contributed by atoms with Crippen molar-refractivity contribution in [3.8, 4) is 11.3 Å². The van der Waals surface area contributed by atoms with E-state index in [-0.39, 0.29) is 6.42 Å². The van der Waals surface area contributed by atoms with E-state index in [0.717, 1.165) is 28.0 Å². The number of nitrogens with two attached hydrogens (primary N) is 1. The summed E-state index contributed by atoms with van der Waals surface area (Å²) in [6.45, 7) is 0.680. The van der Waals surface area contributed by atoms with Gasteiger partial charge in [0.2, 0.25) is 0 Å². The molecule has 4 N–H and O–H groups in total. The van der Waals surface area contributed by atoms with E-state index in [0.29, 0.717) is 6.54 Å². The van der Waals surface area contributed by atoms with Gasteiger partial charge >= 0.3 is 18.1 Å². The number of carboxylic acid groups (broad SMARTS) is 2. The summed E-state index contributed by atoms with van der Waals surface area (Å²) in [6, 6.07) is 16.8. The molecule has 0 aliphatic heterocycles. The second-order valence-corrected chi connectivity index (χ2v) is 7.40. The van der Waals surface area contributed by atoms with Crippen LogP contribution < -0.4 is 5.73 Å². The van der Waals surface area contributed by atoms with Crippen LogP contribution in [0.1, 0.15) is 11.1 Å². The van der Waals surface area contributed by atoms with Crippen LogP contribution in [0.25, 0.3) is 22.4 Å². The highest BCUT2D eigenvalue weighted by Crippen LogP contribution is 2.25. The molecule has 0 bridgehead atoms. The van der Waals surface area contributed by atoms with E-state index in [9.17, 15) is 18.0 Å². The summed E-state index contributed by atoms with van der Waals surface area (Å²) in [4.78, 5) is 33.2. The second-order valence-electron chi connectivity index (χ2n) is 7.40. The lowest BCUT2D eigenvalue weighted by Gasteiger charge is -2.08. The molecule has 12 heteroatoms. The Kier molecular flexibility index (Phi) is 7.76. The maximum Gasteiger partial charge on any atom is 0.490 e. The van der Waals surface area contributed by atoms with E-state index in [1.165, 1.54) is 11.9 Å². The highest BCUT2D eigenvalue weighted by Gasteiger charge is 2.38. The van der Waals surface area contributed by atoms with Gasteiger partial charge in [-0.3, -0.25) is 4.79 Å². The molecule has 2 aromatic carbocycles. The molecule has 35 heavy (non-hydrogen) atoms. The number of hydrogen-bond donors (Lipinski definition) is 3. The number of aromatic nitrogens is 4. The largest absolute Gasteiger partial charge is 0.490 e. The van der Waals surface area contributed by atoms with Gasteiger partial charge in [0.05, 0.1) is 12.9 Å². The zero-order valence-corrected chi connectivity index (χ0v) is 18.1. The average Bonchev–Trinajstić information content (AvgIpc) is 3.23. The monoisotopic (exact) mass is 487 g/mol. The van der Waals surface area contributed by atoms with Crippen molar-refractivity contribution < 1.29 is 33.0 Å². The van der Waals surface area contributed by atoms with Crippen LogP contribution in [0.4, 0.5) is 13.2 Å². The van der Waals surface area contributed by atoms with Crippen LogP contribution in [0.15, 0.2) is 67.3 Å². The zero-order valence-electron chi connectivity index (χ0n) is 18.1. The maximum absolute atomic E-state index is 10.9. The van der Waals surface area contributed by atoms with Gasteiger partial charge < -0.3 is 20.5 Å². The lowest BCUT2D eigenvalue weighted by molar-refractivity contribution is -0.192. The van der Waals surface area contributed by atoms with Crippen LogP contribution in [0.2, 0.25) is 0 Å². The Bertz CT molecular complexity index is 1310. The number of imidazole rings is 1. The Morgan fingerprint density at radius 2 is 1.57 bits per heavy atom. The lowest BCUT2D eigenvalue weighted by atomic mass is 10.0. The third kappa shape index (κ3) is 6.60. The minimum absolute atomic E-state index is 0.278. The number of fused-ring (bicyclic) bond motifs is 1. The van der Waals surface area contributed by atoms with Crippen LogP contribution in [0, 0.1) is 0 Å². The van der Waals surface area contributed by atoms with E-state index in [1.807, 2.05) is 47.0 Å². The molecule has 0 saturated heterocycles. The first-order chi connectivity index (χ1) is 16.6. The molecule has 2 heterocycles. The SMILES string of the molecule is N[C@H](Cc1ccc(-c2ncnc3c2ncn3Cc2ccccc2)cc1)C(=O)O.O=C(O)C(F)(F)F. The normalized spacial score (nSPS) is 12.0. The van der Waals surface area contributed by atoms with Gasteiger partial charge in [-0.05, 0) is 17.5 Å². The van der Waals surface area contributed by atoms with Crippen molar-refractivity contribution in [2.24, 2.45) is 5.73 Å². The van der Waals surface area contributed by atoms with Crippen molar-refractivity contribution in [2.45, 2.75) is 25.2 Å². The van der Waals surface area contributed by atoms with Crippen LogP contribution >= 0.6 is 0 Å². The first-order valence-electron chi connectivity index (χ1n) is 10.1. The van der Waals surface area contributed by atoms with E-state index in [1.54, 1.807) is 6.33 Å². The van der Waals surface area contributed by atoms with Gasteiger partial charge in [0.25, 0.3) is 0 Å². The van der Waals surface area contributed by atoms with Crippen molar-refractivity contribution in [2.75, 3.05) is 0 Å². The van der Waals surface area contributed by atoms with E-state index in [2.05, 4.69) is 27.1 Å². The minimum Gasteiger partial charge on any atom is -0.480 e. The minimum atomic E-state index is -5.08. The first kappa shape index (κ1) is 25.3. The fraction of sp³-hybridized carbons (Fsp3) is 0.174. The van der Waals surface area contributed by atoms with Gasteiger partial charge in [-0.2, -0.15) is 13.2 Å². The summed E-state index contributed by atoms with van der Waals surface area (Å²) in [5.74, 6) is -3.77. The first-order valence-corrected chi connectivity index (χ1v) is 10.1. The molecule has 0 radical (unpaired) electrons. The quantitative estimate of drug-likeness (QED) is 0.376. The lowest BCUT2D eigenvalue weighted by Crippen LogP contribution is -2.32. The zero-order chi connectivity index (χ0) is 25.6. The summed E-state index contributed by atoms with van der Waals surface area (Å²) in [7, 11) is 0. The van der Waals surface area contributed by atoms with Crippen molar-refractivity contribution >= 4 is 23.1 Å². The third-order valence-corrected chi connectivity index (χ3v) is 4.84. The molecule has 0 saturated carbocycles. The molecule has 4 rings (SSSR count). The van der Waals surface area contributed by atoms with Gasteiger partial charge in [0, 0.05) is 5.56 Å². The van der Waals surface area contributed by atoms with Gasteiger partial charge in [-0.15, -0.1) is 0 Å². The predicted octanol–water partition coefficient (Wildman–Crippen LogP) is 3.13. The van der Waals surface area contributed by atoms with Crippen molar-refractivity contribution in [3.63, 3.8) is 0 Å². The molecule has 1 atom stereocenters. The standard InChI is InChI=1S/C21H19N5O2.C2HF3O2/c22-17(21(27)28)10-14-6-8-16(9-7-14)18-19-20(24-12-23-18)26(13-25-19)11-15-4-2-1-3-5-15;3-2(4,5)1(6)7/h1-9,12-13,17H,10-11,22H2,(H,27,28);(H,6,7)/t17-;/m1./s1. The molecule has 0 amide bonds. The summed E-state index contributed by atoms with van der Waals surface area (Å²) in [5, 5.41) is 16.1. The molecule has 9 nitrogen and oxygen atoms in total. The summed E-state index contributed by atoms with van der Waals surface area (Å²) < 4.78 is 33.7. The molecule has 0 unspecified atom stereocenters. The van der Waals surface area contributed by atoms with Crippen molar-refractivity contribution in [1.82, 2.24) is 19.5 Å². The van der Waals surface area contributed by atoms with E-state index >= 15 is 0 Å². The van der Waals surface area contributed by atoms with Gasteiger partial charge in [-0.25, -0.2) is 19.7 Å². The molecule has 0 aliphatic rings. The number of benzene rings is 2. The van der Waals surface area contributed by atoms with Crippen LogP contribution in [0.5, 0.6) is 0 Å². The Hall–Kier alpha value is -4.32. The van der Waals surface area contributed by atoms with Gasteiger partial charge in [0.1, 0.15) is 23.6 Å². The number of nitrogens with zero attached hydrogens (tertiary/aromatic N) is 4. The second kappa shape index (κ2) is 10.7. The molecular weight excluding hydrogens is 467 g/mol. The Morgan fingerprint density at radius 1 is 0.943 bits per heavy atom. The fourth-order valence-corrected chi connectivity index (χ4v) is 3.13. The van der Waals surface area contributed by atoms with Crippen LogP contribution in [0.3, 0.4) is 0 Å². The number of aliphatic carboxylic acids is 2. The smallest absolute Gasteiger partial charge is 0.480 e. The molecule has 4 aromatic rings. The van der Waals surface area contributed by atoms with Crippen LogP contribution in [-0.2, 0) is 22.6 Å². The fourth-order valence-electron chi connectivity index (χ4n) is 3.13. The Balaban J connectivity index is 0.000000429. The number of alkyl halides is 3. The van der Waals surface area contributed by atoms with Crippen molar-refractivity contribution in [3.05, 3.63) is 78.4 Å². The number of halogens is 3. The number of rotatable bonds is 6. The van der Waals surface area contributed by atoms with E-state index in [4.69, 9.17) is 20.7 Å². The highest BCUT2D eigenvalue weighted by atomic mass is 19.4. The van der Waals surface area contributed by atoms with Gasteiger partial charge in [-0.1, -0.05) is 54.6 Å². The third-order valence-electron chi connectivity index (χ3n) is 4.84. The number of carbonyl (C=O) groups is 2. The molecular formula is C23H20F3N5O4. The summed E-state index contributed by atoms with van der Waals surface area (Å²) >= 11 is 0. The maximum atomic E-state index is 10.9. The summed E-state index contributed by atoms with van der Waals surface area (Å²) in [5.41, 5.74) is 10.8. The Morgan fingerprint density at radius 3 is 2.14 bits per heavy atom. The molecule has 182 valence electrons. The highest BCUT2D eigenvalue weighted by molar-refractivity contribution is 5.87. The summed E-state index contributed by atoms with van der Waals surface area (Å²) in [6.07, 6.45) is -1.49. The van der Waals surface area contributed by atoms with Crippen LogP contribution in [-0.4, -0.2) is 53.9 Å². The Labute approximate surface area is 196 Å². The van der Waals surface area contributed by atoms with Gasteiger partial charge in [0.15, 0.2) is 5.65 Å². The average molecular weight is 487 g/mol. The molecule has 0 aliphatic carbocycles. The molecule has 2 aromatic heterocycles. The van der Waals surface area contributed by atoms with Crippen molar-refractivity contribution in [1.29, 1.82) is 0 Å². The number of carboxylic acids is 2. The number of hydrogen-bond acceptors (Lipinski definition) is 6.